The molecule has 2 saturated heterocycles. The number of amides is 2. The van der Waals surface area contributed by atoms with Crippen LogP contribution in [0, 0.1) is 0 Å². The number of nitrogens with zero attached hydrogens (tertiary/aromatic N) is 5. The molecule has 5 unspecified atom stereocenters. The number of carboxylic acids is 1. The summed E-state index contributed by atoms with van der Waals surface area (Å²) in [7, 11) is 0. The average molecular weight is 576 g/mol. The molecule has 4 aromatic rings. The molecule has 0 aliphatic carbocycles. The van der Waals surface area contributed by atoms with Crippen molar-refractivity contribution in [1.82, 2.24) is 29.8 Å². The number of hydrogen-bond acceptors (Lipinski definition) is 10. The molecular formula is C28H29N7O7. The summed E-state index contributed by atoms with van der Waals surface area (Å²) in [5.74, 6) is -0.905. The van der Waals surface area contributed by atoms with Gasteiger partial charge in [-0.2, -0.15) is 0 Å². The third-order valence-corrected chi connectivity index (χ3v) is 7.14. The third-order valence-electron chi connectivity index (χ3n) is 7.14. The smallest absolute Gasteiger partial charge is 0.341 e. The van der Waals surface area contributed by atoms with Crippen LogP contribution in [0.25, 0.3) is 11.2 Å². The number of nitrogens with one attached hydrogen (secondary N) is 2. The van der Waals surface area contributed by atoms with Gasteiger partial charge in [0.15, 0.2) is 23.2 Å². The molecule has 218 valence electrons. The van der Waals surface area contributed by atoms with E-state index in [-0.39, 0.29) is 24.1 Å². The highest BCUT2D eigenvalue weighted by atomic mass is 16.7. The van der Waals surface area contributed by atoms with E-state index < -0.39 is 42.6 Å². The molecule has 2 aliphatic rings. The first-order valence-electron chi connectivity index (χ1n) is 13.5. The quantitative estimate of drug-likeness (QED) is 0.254. The van der Waals surface area contributed by atoms with Gasteiger partial charge in [0, 0.05) is 12.7 Å². The van der Waals surface area contributed by atoms with E-state index >= 15 is 0 Å². The second kappa shape index (κ2) is 12.1. The van der Waals surface area contributed by atoms with Crippen LogP contribution in [0.15, 0.2) is 61.3 Å². The fourth-order valence-electron chi connectivity index (χ4n) is 5.23. The Hall–Kier alpha value is -4.66. The van der Waals surface area contributed by atoms with E-state index in [1.54, 1.807) is 17.0 Å². The SMILES string of the molecule is CCNC(=O)Nc1ncnc2c1ncn2C1OC(C(CCc2ccccc2)Oc2ncccc2C(=O)O)C2OCOC21. The lowest BCUT2D eigenvalue weighted by Crippen LogP contribution is -2.41. The number of urea groups is 1. The Balaban J connectivity index is 1.31. The number of rotatable bonds is 10. The van der Waals surface area contributed by atoms with Crippen LogP contribution >= 0.6 is 0 Å². The molecule has 14 nitrogen and oxygen atoms in total. The summed E-state index contributed by atoms with van der Waals surface area (Å²) < 4.78 is 26.5. The van der Waals surface area contributed by atoms with Crippen LogP contribution in [0.2, 0.25) is 0 Å². The number of carboxylic acid groups (broad SMARTS) is 1. The maximum Gasteiger partial charge on any atom is 0.341 e. The van der Waals surface area contributed by atoms with E-state index in [2.05, 4.69) is 30.6 Å². The molecule has 5 atom stereocenters. The zero-order valence-corrected chi connectivity index (χ0v) is 22.6. The van der Waals surface area contributed by atoms with Crippen LogP contribution in [-0.2, 0) is 20.6 Å². The minimum Gasteiger partial charge on any atom is -0.477 e. The Labute approximate surface area is 240 Å². The molecule has 42 heavy (non-hydrogen) atoms. The largest absolute Gasteiger partial charge is 0.477 e. The number of hydrogen-bond donors (Lipinski definition) is 3. The zero-order valence-electron chi connectivity index (χ0n) is 22.6. The number of fused-ring (bicyclic) bond motifs is 2. The lowest BCUT2D eigenvalue weighted by molar-refractivity contribution is -0.125. The van der Waals surface area contributed by atoms with Crippen LogP contribution in [0.1, 0.15) is 35.5 Å². The maximum atomic E-state index is 12.1. The molecule has 2 amide bonds. The van der Waals surface area contributed by atoms with Crippen LogP contribution in [0.4, 0.5) is 10.6 Å². The standard InChI is InChI=1S/C28H29N7O7/c1-2-29-28(38)34-23-19-24(32-13-31-23)35(14-33-19)26-22-21(39-15-40-22)20(42-26)18(11-10-16-7-4-3-5-8-16)41-25-17(27(36)37)9-6-12-30-25/h3-9,12-14,18,20-22,26H,2,10-11,15H2,1H3,(H,36,37)(H2,29,31,32,34,38). The van der Waals surface area contributed by atoms with Gasteiger partial charge in [-0.25, -0.2) is 29.5 Å². The monoisotopic (exact) mass is 575 g/mol. The molecule has 0 radical (unpaired) electrons. The first-order chi connectivity index (χ1) is 20.5. The highest BCUT2D eigenvalue weighted by Gasteiger charge is 2.54. The Morgan fingerprint density at radius 1 is 1.10 bits per heavy atom. The summed E-state index contributed by atoms with van der Waals surface area (Å²) >= 11 is 0. The van der Waals surface area contributed by atoms with Crippen molar-refractivity contribution in [2.24, 2.45) is 0 Å². The molecular weight excluding hydrogens is 546 g/mol. The topological polar surface area (TPSA) is 172 Å². The van der Waals surface area contributed by atoms with Gasteiger partial charge in [-0.15, -0.1) is 0 Å². The van der Waals surface area contributed by atoms with E-state index in [9.17, 15) is 14.7 Å². The molecule has 14 heteroatoms. The summed E-state index contributed by atoms with van der Waals surface area (Å²) in [6.45, 7) is 2.31. The van der Waals surface area contributed by atoms with Gasteiger partial charge in [0.05, 0.1) is 6.33 Å². The van der Waals surface area contributed by atoms with Gasteiger partial charge >= 0.3 is 12.0 Å². The minimum absolute atomic E-state index is 0.00697. The molecule has 0 saturated carbocycles. The predicted octanol–water partition coefficient (Wildman–Crippen LogP) is 2.78. The van der Waals surface area contributed by atoms with Crippen molar-refractivity contribution in [3.8, 4) is 5.88 Å². The van der Waals surface area contributed by atoms with Crippen molar-refractivity contribution in [2.45, 2.75) is 50.4 Å². The number of carbonyl (C=O) groups excluding carboxylic acids is 1. The summed E-state index contributed by atoms with van der Waals surface area (Å²) in [6.07, 6.45) is 2.43. The summed E-state index contributed by atoms with van der Waals surface area (Å²) in [4.78, 5) is 41.3. The van der Waals surface area contributed by atoms with E-state index in [0.717, 1.165) is 5.56 Å². The second-order valence-corrected chi connectivity index (χ2v) is 9.74. The zero-order chi connectivity index (χ0) is 29.1. The van der Waals surface area contributed by atoms with Crippen LogP contribution < -0.4 is 15.4 Å². The number of pyridine rings is 1. The van der Waals surface area contributed by atoms with Gasteiger partial charge in [0.2, 0.25) is 5.88 Å². The highest BCUT2D eigenvalue weighted by molar-refractivity contribution is 5.95. The number of aromatic nitrogens is 5. The first kappa shape index (κ1) is 27.5. The molecule has 5 heterocycles. The molecule has 6 rings (SSSR count). The Kier molecular flexibility index (Phi) is 7.90. The fraction of sp³-hybridized carbons (Fsp3) is 0.357. The van der Waals surface area contributed by atoms with E-state index in [1.165, 1.54) is 18.6 Å². The van der Waals surface area contributed by atoms with Gasteiger partial charge < -0.3 is 29.4 Å². The molecule has 0 spiro atoms. The molecule has 2 aliphatic heterocycles. The van der Waals surface area contributed by atoms with Crippen molar-refractivity contribution in [3.63, 3.8) is 0 Å². The van der Waals surface area contributed by atoms with Crippen molar-refractivity contribution < 1.29 is 33.6 Å². The normalized spacial score (nSPS) is 22.0. The van der Waals surface area contributed by atoms with Crippen molar-refractivity contribution in [3.05, 3.63) is 72.4 Å². The molecule has 0 bridgehead atoms. The predicted molar refractivity (Wildman–Crippen MR) is 147 cm³/mol. The summed E-state index contributed by atoms with van der Waals surface area (Å²) in [5.41, 5.74) is 1.84. The lowest BCUT2D eigenvalue weighted by Gasteiger charge is -2.27. The van der Waals surface area contributed by atoms with E-state index in [0.29, 0.717) is 30.6 Å². The number of imidazole rings is 1. The minimum atomic E-state index is -1.15. The van der Waals surface area contributed by atoms with E-state index in [1.807, 2.05) is 37.3 Å². The first-order valence-corrected chi connectivity index (χ1v) is 13.5. The average Bonchev–Trinajstić information content (AvgIpc) is 3.72. The van der Waals surface area contributed by atoms with Gasteiger partial charge in [0.25, 0.3) is 0 Å². The fourth-order valence-corrected chi connectivity index (χ4v) is 5.23. The van der Waals surface area contributed by atoms with Gasteiger partial charge in [0.1, 0.15) is 43.1 Å². The molecule has 3 aromatic heterocycles. The number of anilines is 1. The Bertz CT molecular complexity index is 1570. The number of aromatic carboxylic acids is 1. The van der Waals surface area contributed by atoms with Crippen molar-refractivity contribution >= 4 is 29.0 Å². The van der Waals surface area contributed by atoms with Gasteiger partial charge in [-0.3, -0.25) is 9.88 Å². The summed E-state index contributed by atoms with van der Waals surface area (Å²) in [6, 6.07) is 12.5. The van der Waals surface area contributed by atoms with Crippen LogP contribution in [-0.4, -0.2) is 79.4 Å². The Morgan fingerprint density at radius 2 is 1.93 bits per heavy atom. The van der Waals surface area contributed by atoms with Crippen LogP contribution in [0.5, 0.6) is 5.88 Å². The third kappa shape index (κ3) is 5.46. The Morgan fingerprint density at radius 3 is 2.74 bits per heavy atom. The second-order valence-electron chi connectivity index (χ2n) is 9.74. The number of aryl methyl sites for hydroxylation is 1. The van der Waals surface area contributed by atoms with E-state index in [4.69, 9.17) is 18.9 Å². The van der Waals surface area contributed by atoms with Gasteiger partial charge in [-0.1, -0.05) is 30.3 Å². The number of ether oxygens (including phenoxy) is 4. The lowest BCUT2D eigenvalue weighted by atomic mass is 9.99. The van der Waals surface area contributed by atoms with Crippen molar-refractivity contribution in [1.29, 1.82) is 0 Å². The van der Waals surface area contributed by atoms with Crippen molar-refractivity contribution in [2.75, 3.05) is 18.7 Å². The molecule has 2 fully saturated rings. The maximum absolute atomic E-state index is 12.1. The number of carbonyl (C=O) groups is 2. The summed E-state index contributed by atoms with van der Waals surface area (Å²) in [5, 5.41) is 15.1. The highest BCUT2D eigenvalue weighted by Crippen LogP contribution is 2.41. The van der Waals surface area contributed by atoms with Gasteiger partial charge in [-0.05, 0) is 37.5 Å². The molecule has 1 aromatic carbocycles. The van der Waals surface area contributed by atoms with Crippen LogP contribution in [0.3, 0.4) is 0 Å². The number of benzene rings is 1. The molecule has 3 N–H and O–H groups in total.